The lowest BCUT2D eigenvalue weighted by atomic mass is 10.1. The third-order valence-electron chi connectivity index (χ3n) is 5.47. The molecule has 1 aromatic heterocycles. The summed E-state index contributed by atoms with van der Waals surface area (Å²) in [5.74, 6) is 3.30. The average molecular weight is 554 g/mol. The highest BCUT2D eigenvalue weighted by atomic mass is 127. The number of halogens is 1. The van der Waals surface area contributed by atoms with Gasteiger partial charge in [0.1, 0.15) is 5.82 Å². The molecule has 2 aromatic rings. The van der Waals surface area contributed by atoms with Gasteiger partial charge in [-0.25, -0.2) is 4.98 Å². The lowest BCUT2D eigenvalue weighted by Crippen LogP contribution is -2.44. The number of anilines is 1. The topological polar surface area (TPSA) is 74.3 Å². The summed E-state index contributed by atoms with van der Waals surface area (Å²) in [6, 6.07) is 10.2. The van der Waals surface area contributed by atoms with Crippen molar-refractivity contribution in [2.75, 3.05) is 65.9 Å². The van der Waals surface area contributed by atoms with E-state index in [-0.39, 0.29) is 24.0 Å². The molecule has 1 aliphatic rings. The maximum atomic E-state index is 5.37. The molecule has 0 radical (unpaired) electrons. The number of hydrogen-bond acceptors (Lipinski definition) is 6. The van der Waals surface area contributed by atoms with Crippen LogP contribution in [0.2, 0.25) is 0 Å². The van der Waals surface area contributed by atoms with Gasteiger partial charge in [-0.2, -0.15) is 0 Å². The molecule has 176 valence electrons. The quantitative estimate of drug-likeness (QED) is 0.295. The minimum Gasteiger partial charge on any atom is -0.493 e. The number of benzene rings is 1. The predicted octanol–water partition coefficient (Wildman–Crippen LogP) is 2.38. The molecule has 1 fully saturated rings. The number of ether oxygens (including phenoxy) is 2. The van der Waals surface area contributed by atoms with Crippen molar-refractivity contribution < 1.29 is 9.47 Å². The lowest BCUT2D eigenvalue weighted by Gasteiger charge is -2.33. The van der Waals surface area contributed by atoms with Crippen LogP contribution in [0.3, 0.4) is 0 Å². The highest BCUT2D eigenvalue weighted by molar-refractivity contribution is 14.0. The molecular formula is C23H35IN6O2. The smallest absolute Gasteiger partial charge is 0.191 e. The Kier molecular flexibility index (Phi) is 10.8. The van der Waals surface area contributed by atoms with Gasteiger partial charge < -0.3 is 29.9 Å². The molecule has 0 saturated carbocycles. The van der Waals surface area contributed by atoms with Crippen molar-refractivity contribution in [3.63, 3.8) is 0 Å². The van der Waals surface area contributed by atoms with E-state index in [0.29, 0.717) is 6.54 Å². The molecule has 0 amide bonds. The van der Waals surface area contributed by atoms with Crippen molar-refractivity contribution >= 4 is 35.8 Å². The Morgan fingerprint density at radius 1 is 1.00 bits per heavy atom. The number of pyridine rings is 1. The van der Waals surface area contributed by atoms with E-state index in [9.17, 15) is 0 Å². The highest BCUT2D eigenvalue weighted by Crippen LogP contribution is 2.27. The van der Waals surface area contributed by atoms with Crippen LogP contribution >= 0.6 is 24.0 Å². The van der Waals surface area contributed by atoms with E-state index < -0.39 is 0 Å². The molecule has 2 N–H and O–H groups in total. The van der Waals surface area contributed by atoms with Gasteiger partial charge in [0.15, 0.2) is 17.5 Å². The standard InChI is InChI=1S/C23H34N6O2.HI/c1-24-23(25-10-9-18-5-7-20(30-3)21(15-18)31-4)27-17-19-6-8-22(26-16-19)29-13-11-28(2)12-14-29;/h5-8,15-16H,9-14,17H2,1-4H3,(H2,24,25,27);1H. The molecule has 0 bridgehead atoms. The number of aromatic nitrogens is 1. The summed E-state index contributed by atoms with van der Waals surface area (Å²) in [6.45, 7) is 5.64. The van der Waals surface area contributed by atoms with E-state index in [4.69, 9.17) is 9.47 Å². The van der Waals surface area contributed by atoms with Gasteiger partial charge in [-0.1, -0.05) is 12.1 Å². The van der Waals surface area contributed by atoms with Gasteiger partial charge in [0, 0.05) is 52.5 Å². The summed E-state index contributed by atoms with van der Waals surface area (Å²) in [6.07, 6.45) is 2.79. The number of hydrogen-bond donors (Lipinski definition) is 2. The fourth-order valence-corrected chi connectivity index (χ4v) is 3.51. The van der Waals surface area contributed by atoms with Gasteiger partial charge in [-0.3, -0.25) is 4.99 Å². The number of likely N-dealkylation sites (N-methyl/N-ethyl adjacent to an activating group) is 1. The third kappa shape index (κ3) is 7.40. The number of guanidine groups is 1. The molecule has 9 heteroatoms. The van der Waals surface area contributed by atoms with Crippen molar-refractivity contribution in [1.29, 1.82) is 0 Å². The van der Waals surface area contributed by atoms with E-state index in [2.05, 4.69) is 49.6 Å². The minimum atomic E-state index is 0. The first-order chi connectivity index (χ1) is 15.1. The number of rotatable bonds is 8. The van der Waals surface area contributed by atoms with Crippen LogP contribution in [0.25, 0.3) is 0 Å². The Bertz CT molecular complexity index is 854. The summed E-state index contributed by atoms with van der Waals surface area (Å²) >= 11 is 0. The first kappa shape index (κ1) is 26.0. The van der Waals surface area contributed by atoms with E-state index in [1.165, 1.54) is 5.56 Å². The van der Waals surface area contributed by atoms with Crippen LogP contribution in [-0.2, 0) is 13.0 Å². The Morgan fingerprint density at radius 2 is 1.72 bits per heavy atom. The molecular weight excluding hydrogens is 519 g/mol. The fourth-order valence-electron chi connectivity index (χ4n) is 3.51. The second kappa shape index (κ2) is 13.3. The second-order valence-corrected chi connectivity index (χ2v) is 7.61. The number of aliphatic imine (C=N–C) groups is 1. The monoisotopic (exact) mass is 554 g/mol. The van der Waals surface area contributed by atoms with Crippen LogP contribution in [-0.4, -0.2) is 76.9 Å². The molecule has 1 aromatic carbocycles. The molecule has 32 heavy (non-hydrogen) atoms. The third-order valence-corrected chi connectivity index (χ3v) is 5.47. The molecule has 8 nitrogen and oxygen atoms in total. The summed E-state index contributed by atoms with van der Waals surface area (Å²) in [5, 5.41) is 6.71. The van der Waals surface area contributed by atoms with Gasteiger partial charge in [0.05, 0.1) is 14.2 Å². The first-order valence-electron chi connectivity index (χ1n) is 10.7. The number of piperazine rings is 1. The summed E-state index contributed by atoms with van der Waals surface area (Å²) < 4.78 is 10.7. The number of nitrogens with zero attached hydrogens (tertiary/aromatic N) is 4. The molecule has 1 saturated heterocycles. The van der Waals surface area contributed by atoms with Crippen LogP contribution in [0.5, 0.6) is 11.5 Å². The molecule has 0 spiro atoms. The van der Waals surface area contributed by atoms with Crippen molar-refractivity contribution in [2.45, 2.75) is 13.0 Å². The molecule has 1 aliphatic heterocycles. The van der Waals surface area contributed by atoms with Crippen molar-refractivity contribution in [3.8, 4) is 11.5 Å². The van der Waals surface area contributed by atoms with Crippen molar-refractivity contribution in [1.82, 2.24) is 20.5 Å². The van der Waals surface area contributed by atoms with E-state index in [0.717, 1.165) is 68.0 Å². The SMILES string of the molecule is CN=C(NCCc1ccc(OC)c(OC)c1)NCc1ccc(N2CCN(C)CC2)nc1.I. The zero-order chi connectivity index (χ0) is 22.1. The van der Waals surface area contributed by atoms with Crippen LogP contribution < -0.4 is 25.0 Å². The maximum absolute atomic E-state index is 5.37. The van der Waals surface area contributed by atoms with Gasteiger partial charge in [0.2, 0.25) is 0 Å². The Hall–Kier alpha value is -2.27. The molecule has 0 atom stereocenters. The van der Waals surface area contributed by atoms with Gasteiger partial charge in [-0.05, 0) is 42.8 Å². The fraction of sp³-hybridized carbons (Fsp3) is 0.478. The molecule has 3 rings (SSSR count). The van der Waals surface area contributed by atoms with E-state index in [1.807, 2.05) is 24.4 Å². The summed E-state index contributed by atoms with van der Waals surface area (Å²) in [5.41, 5.74) is 2.30. The maximum Gasteiger partial charge on any atom is 0.191 e. The largest absolute Gasteiger partial charge is 0.493 e. The summed E-state index contributed by atoms with van der Waals surface area (Å²) in [7, 11) is 7.23. The molecule has 2 heterocycles. The van der Waals surface area contributed by atoms with Gasteiger partial charge in [0.25, 0.3) is 0 Å². The lowest BCUT2D eigenvalue weighted by molar-refractivity contribution is 0.312. The normalized spacial score (nSPS) is 14.5. The number of nitrogens with one attached hydrogen (secondary N) is 2. The zero-order valence-corrected chi connectivity index (χ0v) is 21.8. The predicted molar refractivity (Wildman–Crippen MR) is 141 cm³/mol. The van der Waals surface area contributed by atoms with E-state index in [1.54, 1.807) is 21.3 Å². The zero-order valence-electron chi connectivity index (χ0n) is 19.4. The van der Waals surface area contributed by atoms with Crippen LogP contribution in [0.15, 0.2) is 41.5 Å². The van der Waals surface area contributed by atoms with Crippen LogP contribution in [0.4, 0.5) is 5.82 Å². The van der Waals surface area contributed by atoms with Gasteiger partial charge in [-0.15, -0.1) is 24.0 Å². The van der Waals surface area contributed by atoms with Crippen LogP contribution in [0.1, 0.15) is 11.1 Å². The second-order valence-electron chi connectivity index (χ2n) is 7.61. The Balaban J connectivity index is 0.00000363. The number of methoxy groups -OCH3 is 2. The van der Waals surface area contributed by atoms with Crippen molar-refractivity contribution in [3.05, 3.63) is 47.7 Å². The average Bonchev–Trinajstić information content (AvgIpc) is 2.82. The molecule has 0 unspecified atom stereocenters. The Morgan fingerprint density at radius 3 is 2.34 bits per heavy atom. The summed E-state index contributed by atoms with van der Waals surface area (Å²) in [4.78, 5) is 13.6. The van der Waals surface area contributed by atoms with Crippen LogP contribution in [0, 0.1) is 0 Å². The minimum absolute atomic E-state index is 0. The van der Waals surface area contributed by atoms with Gasteiger partial charge >= 0.3 is 0 Å². The first-order valence-corrected chi connectivity index (χ1v) is 10.7. The van der Waals surface area contributed by atoms with E-state index >= 15 is 0 Å². The molecule has 0 aliphatic carbocycles. The van der Waals surface area contributed by atoms with Crippen molar-refractivity contribution in [2.24, 2.45) is 4.99 Å². The highest BCUT2D eigenvalue weighted by Gasteiger charge is 2.15. The Labute approximate surface area is 208 Å².